The third-order valence-electron chi connectivity index (χ3n) is 3.06. The Morgan fingerprint density at radius 2 is 1.74 bits per heavy atom. The largest absolute Gasteiger partial charge is 0.380 e. The lowest BCUT2D eigenvalue weighted by Crippen LogP contribution is -2.09. The molecule has 2 nitrogen and oxygen atoms in total. The number of ether oxygens (including phenoxy) is 1. The lowest BCUT2D eigenvalue weighted by atomic mass is 9.99. The Hall–Kier alpha value is -1.07. The van der Waals surface area contributed by atoms with Gasteiger partial charge >= 0.3 is 0 Å². The van der Waals surface area contributed by atoms with Crippen LogP contribution in [0.5, 0.6) is 0 Å². The van der Waals surface area contributed by atoms with Gasteiger partial charge in [-0.15, -0.1) is 0 Å². The number of benzene rings is 2. The van der Waals surface area contributed by atoms with E-state index in [0.717, 1.165) is 0 Å². The highest BCUT2D eigenvalue weighted by Gasteiger charge is 2.07. The fraction of sp³-hybridized carbons (Fsp3) is 0.250. The van der Waals surface area contributed by atoms with Crippen molar-refractivity contribution in [3.05, 3.63) is 51.6 Å². The van der Waals surface area contributed by atoms with Gasteiger partial charge in [-0.2, -0.15) is 0 Å². The summed E-state index contributed by atoms with van der Waals surface area (Å²) in [5, 5.41) is 0. The molecular formula is C16H18INO. The van der Waals surface area contributed by atoms with Crippen molar-refractivity contribution in [1.29, 1.82) is 0 Å². The summed E-state index contributed by atoms with van der Waals surface area (Å²) in [6.07, 6.45) is 0. The Labute approximate surface area is 128 Å². The zero-order chi connectivity index (χ0) is 13.8. The van der Waals surface area contributed by atoms with E-state index in [1.54, 1.807) is 7.11 Å². The molecule has 2 aromatic carbocycles. The number of anilines is 1. The molecule has 0 fully saturated rings. The molecule has 0 aliphatic carbocycles. The lowest BCUT2D eigenvalue weighted by Gasteiger charge is -2.16. The van der Waals surface area contributed by atoms with E-state index < -0.39 is 0 Å². The minimum Gasteiger partial charge on any atom is -0.380 e. The topological polar surface area (TPSA) is 12.5 Å². The SMILES string of the molecule is COCc1cc(N(C)C)ccc1-c1ccc(I)cc1. The van der Waals surface area contributed by atoms with Crippen molar-refractivity contribution in [2.24, 2.45) is 0 Å². The number of hydrogen-bond donors (Lipinski definition) is 0. The van der Waals surface area contributed by atoms with Crippen LogP contribution in [0.3, 0.4) is 0 Å². The third-order valence-corrected chi connectivity index (χ3v) is 3.78. The van der Waals surface area contributed by atoms with Gasteiger partial charge in [-0.3, -0.25) is 0 Å². The van der Waals surface area contributed by atoms with Crippen LogP contribution >= 0.6 is 22.6 Å². The van der Waals surface area contributed by atoms with Gasteiger partial charge in [-0.1, -0.05) is 18.2 Å². The van der Waals surface area contributed by atoms with Gasteiger partial charge in [-0.05, 0) is 63.5 Å². The van der Waals surface area contributed by atoms with Crippen molar-refractivity contribution in [2.45, 2.75) is 6.61 Å². The van der Waals surface area contributed by atoms with Gasteiger partial charge in [0.05, 0.1) is 6.61 Å². The number of rotatable bonds is 4. The van der Waals surface area contributed by atoms with Crippen molar-refractivity contribution >= 4 is 28.3 Å². The molecule has 0 unspecified atom stereocenters. The summed E-state index contributed by atoms with van der Waals surface area (Å²) in [6, 6.07) is 15.1. The first-order chi connectivity index (χ1) is 9.11. The molecule has 0 saturated heterocycles. The lowest BCUT2D eigenvalue weighted by molar-refractivity contribution is 0.185. The first kappa shape index (κ1) is 14.3. The normalized spacial score (nSPS) is 10.5. The van der Waals surface area contributed by atoms with Crippen molar-refractivity contribution < 1.29 is 4.74 Å². The Morgan fingerprint density at radius 3 is 2.32 bits per heavy atom. The molecule has 0 saturated carbocycles. The van der Waals surface area contributed by atoms with Gasteiger partial charge < -0.3 is 9.64 Å². The molecule has 3 heteroatoms. The van der Waals surface area contributed by atoms with E-state index in [9.17, 15) is 0 Å². The zero-order valence-electron chi connectivity index (χ0n) is 11.5. The number of halogens is 1. The first-order valence-corrected chi connectivity index (χ1v) is 7.25. The van der Waals surface area contributed by atoms with Crippen molar-refractivity contribution in [3.63, 3.8) is 0 Å². The van der Waals surface area contributed by atoms with Gasteiger partial charge in [-0.25, -0.2) is 0 Å². The fourth-order valence-electron chi connectivity index (χ4n) is 2.04. The quantitative estimate of drug-likeness (QED) is 0.753. The van der Waals surface area contributed by atoms with Crippen LogP contribution in [0, 0.1) is 3.57 Å². The molecule has 2 rings (SSSR count). The minimum atomic E-state index is 0.628. The monoisotopic (exact) mass is 367 g/mol. The summed E-state index contributed by atoms with van der Waals surface area (Å²) in [6.45, 7) is 0.628. The van der Waals surface area contributed by atoms with Crippen LogP contribution < -0.4 is 4.90 Å². The van der Waals surface area contributed by atoms with E-state index >= 15 is 0 Å². The Balaban J connectivity index is 2.46. The molecule has 0 aliphatic heterocycles. The van der Waals surface area contributed by atoms with E-state index in [0.29, 0.717) is 6.61 Å². The molecule has 0 spiro atoms. The molecule has 0 radical (unpaired) electrons. The van der Waals surface area contributed by atoms with Gasteiger partial charge in [0, 0.05) is 30.5 Å². The van der Waals surface area contributed by atoms with Gasteiger partial charge in [0.15, 0.2) is 0 Å². The van der Waals surface area contributed by atoms with Crippen molar-refractivity contribution in [2.75, 3.05) is 26.1 Å². The standard InChI is InChI=1S/C16H18INO/c1-18(2)15-8-9-16(13(10-15)11-19-3)12-4-6-14(17)7-5-12/h4-10H,11H2,1-3H3. The smallest absolute Gasteiger partial charge is 0.0719 e. The molecular weight excluding hydrogens is 349 g/mol. The minimum absolute atomic E-state index is 0.628. The average Bonchev–Trinajstić information content (AvgIpc) is 2.40. The van der Waals surface area contributed by atoms with Crippen LogP contribution in [-0.2, 0) is 11.3 Å². The molecule has 0 amide bonds. The molecule has 0 atom stereocenters. The number of methoxy groups -OCH3 is 1. The summed E-state index contributed by atoms with van der Waals surface area (Å²) in [5.74, 6) is 0. The summed E-state index contributed by atoms with van der Waals surface area (Å²) in [7, 11) is 5.84. The van der Waals surface area contributed by atoms with Gasteiger partial charge in [0.2, 0.25) is 0 Å². The number of hydrogen-bond acceptors (Lipinski definition) is 2. The van der Waals surface area contributed by atoms with Crippen LogP contribution in [0.1, 0.15) is 5.56 Å². The van der Waals surface area contributed by atoms with Crippen LogP contribution in [0.2, 0.25) is 0 Å². The summed E-state index contributed by atoms with van der Waals surface area (Å²) < 4.78 is 6.58. The molecule has 19 heavy (non-hydrogen) atoms. The second-order valence-electron chi connectivity index (χ2n) is 4.68. The molecule has 0 N–H and O–H groups in total. The predicted octanol–water partition coefficient (Wildman–Crippen LogP) is 4.17. The molecule has 0 bridgehead atoms. The van der Waals surface area contributed by atoms with E-state index in [2.05, 4.69) is 84.1 Å². The van der Waals surface area contributed by atoms with Crippen LogP contribution in [-0.4, -0.2) is 21.2 Å². The highest BCUT2D eigenvalue weighted by molar-refractivity contribution is 14.1. The Bertz CT molecular complexity index is 549. The Kier molecular flexibility index (Phi) is 4.82. The number of nitrogens with zero attached hydrogens (tertiary/aromatic N) is 1. The summed E-state index contributed by atoms with van der Waals surface area (Å²) in [4.78, 5) is 2.11. The Morgan fingerprint density at radius 1 is 1.05 bits per heavy atom. The van der Waals surface area contributed by atoms with Gasteiger partial charge in [0.25, 0.3) is 0 Å². The predicted molar refractivity (Wildman–Crippen MR) is 89.6 cm³/mol. The van der Waals surface area contributed by atoms with E-state index in [4.69, 9.17) is 4.74 Å². The van der Waals surface area contributed by atoms with Crippen molar-refractivity contribution in [3.8, 4) is 11.1 Å². The third kappa shape index (κ3) is 3.48. The molecule has 2 aromatic rings. The van der Waals surface area contributed by atoms with E-state index in [-0.39, 0.29) is 0 Å². The second-order valence-corrected chi connectivity index (χ2v) is 5.92. The molecule has 0 aromatic heterocycles. The van der Waals surface area contributed by atoms with Gasteiger partial charge in [0.1, 0.15) is 0 Å². The van der Waals surface area contributed by atoms with Crippen molar-refractivity contribution in [1.82, 2.24) is 0 Å². The molecule has 0 heterocycles. The fourth-order valence-corrected chi connectivity index (χ4v) is 2.40. The maximum absolute atomic E-state index is 5.33. The maximum Gasteiger partial charge on any atom is 0.0719 e. The average molecular weight is 367 g/mol. The van der Waals surface area contributed by atoms with Crippen LogP contribution in [0.4, 0.5) is 5.69 Å². The highest BCUT2D eigenvalue weighted by atomic mass is 127. The van der Waals surface area contributed by atoms with Crippen LogP contribution in [0.15, 0.2) is 42.5 Å². The van der Waals surface area contributed by atoms with E-state index in [1.807, 2.05) is 0 Å². The highest BCUT2D eigenvalue weighted by Crippen LogP contribution is 2.28. The maximum atomic E-state index is 5.33. The van der Waals surface area contributed by atoms with E-state index in [1.165, 1.54) is 25.9 Å². The second kappa shape index (κ2) is 6.39. The molecule has 0 aliphatic rings. The molecule has 100 valence electrons. The summed E-state index contributed by atoms with van der Waals surface area (Å²) >= 11 is 2.32. The zero-order valence-corrected chi connectivity index (χ0v) is 13.6. The van der Waals surface area contributed by atoms with Crippen LogP contribution in [0.25, 0.3) is 11.1 Å². The summed E-state index contributed by atoms with van der Waals surface area (Å²) in [5.41, 5.74) is 4.89. The first-order valence-electron chi connectivity index (χ1n) is 6.17.